The van der Waals surface area contributed by atoms with Crippen molar-refractivity contribution in [3.63, 3.8) is 0 Å². The fourth-order valence-electron chi connectivity index (χ4n) is 1.62. The van der Waals surface area contributed by atoms with Crippen molar-refractivity contribution in [2.75, 3.05) is 0 Å². The number of hydrogen-bond acceptors (Lipinski definition) is 4. The van der Waals surface area contributed by atoms with Gasteiger partial charge in [-0.05, 0) is 12.0 Å². The number of aromatic carboxylic acids is 1. The maximum Gasteiger partial charge on any atom is 0.574 e. The van der Waals surface area contributed by atoms with Crippen LogP contribution in [-0.4, -0.2) is 32.4 Å². The normalized spacial score (nSPS) is 11.4. The van der Waals surface area contributed by atoms with E-state index in [0.29, 0.717) is 6.42 Å². The molecule has 112 valence electrons. The number of carboxylic acid groups (broad SMARTS) is 1. The van der Waals surface area contributed by atoms with Crippen molar-refractivity contribution in [2.45, 2.75) is 19.3 Å². The van der Waals surface area contributed by atoms with Gasteiger partial charge in [0.1, 0.15) is 0 Å². The summed E-state index contributed by atoms with van der Waals surface area (Å²) in [7, 11) is 0. The third-order valence-electron chi connectivity index (χ3n) is 2.48. The number of carbonyl (C=O) groups is 1. The number of ether oxygens (including phenoxy) is 1. The summed E-state index contributed by atoms with van der Waals surface area (Å²) in [5, 5.41) is 15.7. The first-order valence-electron chi connectivity index (χ1n) is 5.83. The first-order valence-corrected chi connectivity index (χ1v) is 5.83. The van der Waals surface area contributed by atoms with E-state index in [0.717, 1.165) is 10.4 Å². The predicted octanol–water partition coefficient (Wildman–Crippen LogP) is 2.12. The molecule has 0 amide bonds. The Labute approximate surface area is 116 Å². The van der Waals surface area contributed by atoms with Gasteiger partial charge >= 0.3 is 12.3 Å². The summed E-state index contributed by atoms with van der Waals surface area (Å²) in [6.45, 7) is 0.130. The van der Waals surface area contributed by atoms with Crippen LogP contribution in [0.5, 0.6) is 5.88 Å². The van der Waals surface area contributed by atoms with Crippen molar-refractivity contribution >= 4 is 5.97 Å². The zero-order valence-corrected chi connectivity index (χ0v) is 10.5. The molecule has 0 atom stereocenters. The Kier molecular flexibility index (Phi) is 4.10. The van der Waals surface area contributed by atoms with Crippen LogP contribution < -0.4 is 4.74 Å². The van der Waals surface area contributed by atoms with Gasteiger partial charge in [0.2, 0.25) is 5.69 Å². The number of hydrogen-bond donors (Lipinski definition) is 1. The lowest BCUT2D eigenvalue weighted by atomic mass is 10.2. The van der Waals surface area contributed by atoms with E-state index in [-0.39, 0.29) is 6.54 Å². The second-order valence-electron chi connectivity index (χ2n) is 4.04. The molecule has 0 saturated heterocycles. The molecule has 0 aliphatic rings. The van der Waals surface area contributed by atoms with Crippen LogP contribution in [0.4, 0.5) is 13.2 Å². The Morgan fingerprint density at radius 3 is 2.48 bits per heavy atom. The predicted molar refractivity (Wildman–Crippen MR) is 63.8 cm³/mol. The largest absolute Gasteiger partial charge is 0.574 e. The quantitative estimate of drug-likeness (QED) is 0.915. The third-order valence-corrected chi connectivity index (χ3v) is 2.48. The molecule has 2 aromatic rings. The highest BCUT2D eigenvalue weighted by atomic mass is 19.4. The molecule has 2 rings (SSSR count). The molecule has 0 saturated carbocycles. The summed E-state index contributed by atoms with van der Waals surface area (Å²) < 4.78 is 40.0. The minimum Gasteiger partial charge on any atom is -0.476 e. The SMILES string of the molecule is O=C(O)c1nn(CCc2ccccc2)nc1OC(F)(F)F. The monoisotopic (exact) mass is 301 g/mol. The van der Waals surface area contributed by atoms with Crippen molar-refractivity contribution < 1.29 is 27.8 Å². The molecule has 1 aromatic carbocycles. The van der Waals surface area contributed by atoms with Gasteiger partial charge in [0.25, 0.3) is 5.88 Å². The Morgan fingerprint density at radius 1 is 1.24 bits per heavy atom. The van der Waals surface area contributed by atoms with Crippen molar-refractivity contribution in [2.24, 2.45) is 0 Å². The zero-order chi connectivity index (χ0) is 15.5. The van der Waals surface area contributed by atoms with Crippen LogP contribution in [0.25, 0.3) is 0 Å². The molecule has 1 N–H and O–H groups in total. The average Bonchev–Trinajstić information content (AvgIpc) is 2.78. The number of alkyl halides is 3. The van der Waals surface area contributed by atoms with Gasteiger partial charge in [0.15, 0.2) is 0 Å². The van der Waals surface area contributed by atoms with Gasteiger partial charge in [-0.15, -0.1) is 23.4 Å². The molecule has 0 fully saturated rings. The first-order chi connectivity index (χ1) is 9.85. The standard InChI is InChI=1S/C12H10F3N3O3/c13-12(14,15)21-10-9(11(19)20)16-18(17-10)7-6-8-4-2-1-3-5-8/h1-5H,6-7H2,(H,19,20). The molecule has 0 aliphatic heterocycles. The lowest BCUT2D eigenvalue weighted by Gasteiger charge is -2.05. The van der Waals surface area contributed by atoms with Crippen LogP contribution in [0, 0.1) is 0 Å². The van der Waals surface area contributed by atoms with E-state index in [1.165, 1.54) is 0 Å². The molecule has 1 heterocycles. The number of aromatic nitrogens is 3. The average molecular weight is 301 g/mol. The Bertz CT molecular complexity index is 626. The molecule has 6 nitrogen and oxygen atoms in total. The molecule has 0 aliphatic carbocycles. The minimum atomic E-state index is -5.02. The lowest BCUT2D eigenvalue weighted by Crippen LogP contribution is -2.19. The second-order valence-corrected chi connectivity index (χ2v) is 4.04. The highest BCUT2D eigenvalue weighted by molar-refractivity contribution is 5.87. The summed E-state index contributed by atoms with van der Waals surface area (Å²) in [5.74, 6) is -2.71. The number of halogens is 3. The van der Waals surface area contributed by atoms with Gasteiger partial charge in [0, 0.05) is 0 Å². The number of aryl methyl sites for hydroxylation is 2. The maximum absolute atomic E-state index is 12.2. The fraction of sp³-hybridized carbons (Fsp3) is 0.250. The molecule has 0 unspecified atom stereocenters. The van der Waals surface area contributed by atoms with Crippen LogP contribution in [0.1, 0.15) is 16.1 Å². The van der Waals surface area contributed by atoms with E-state index < -0.39 is 23.9 Å². The molecule has 1 aromatic heterocycles. The highest BCUT2D eigenvalue weighted by Crippen LogP contribution is 2.23. The van der Waals surface area contributed by atoms with E-state index in [4.69, 9.17) is 5.11 Å². The van der Waals surface area contributed by atoms with Crippen LogP contribution in [0.2, 0.25) is 0 Å². The Morgan fingerprint density at radius 2 is 1.90 bits per heavy atom. The van der Waals surface area contributed by atoms with Crippen LogP contribution >= 0.6 is 0 Å². The summed E-state index contributed by atoms with van der Waals surface area (Å²) >= 11 is 0. The number of carboxylic acids is 1. The summed E-state index contributed by atoms with van der Waals surface area (Å²) in [6.07, 6.45) is -4.58. The third kappa shape index (κ3) is 4.20. The molecule has 0 spiro atoms. The summed E-state index contributed by atoms with van der Waals surface area (Å²) in [6, 6.07) is 9.11. The van der Waals surface area contributed by atoms with E-state index in [9.17, 15) is 18.0 Å². The number of rotatable bonds is 5. The van der Waals surface area contributed by atoms with Crippen molar-refractivity contribution in [1.29, 1.82) is 0 Å². The van der Waals surface area contributed by atoms with E-state index in [2.05, 4.69) is 14.9 Å². The van der Waals surface area contributed by atoms with Crippen LogP contribution in [0.3, 0.4) is 0 Å². The van der Waals surface area contributed by atoms with Crippen LogP contribution in [0.15, 0.2) is 30.3 Å². The van der Waals surface area contributed by atoms with Crippen molar-refractivity contribution in [3.05, 3.63) is 41.6 Å². The summed E-state index contributed by atoms with van der Waals surface area (Å²) in [4.78, 5) is 11.7. The van der Waals surface area contributed by atoms with Gasteiger partial charge in [-0.25, -0.2) is 4.79 Å². The Hall–Kier alpha value is -2.58. The summed E-state index contributed by atoms with van der Waals surface area (Å²) in [5.41, 5.74) is 0.0466. The molecular formula is C12H10F3N3O3. The zero-order valence-electron chi connectivity index (χ0n) is 10.5. The first kappa shape index (κ1) is 14.8. The Balaban J connectivity index is 2.14. The van der Waals surface area contributed by atoms with Crippen molar-refractivity contribution in [3.8, 4) is 5.88 Å². The molecule has 21 heavy (non-hydrogen) atoms. The molecule has 0 bridgehead atoms. The van der Waals surface area contributed by atoms with Crippen LogP contribution in [-0.2, 0) is 13.0 Å². The molecule has 0 radical (unpaired) electrons. The lowest BCUT2D eigenvalue weighted by molar-refractivity contribution is -0.276. The van der Waals surface area contributed by atoms with Crippen molar-refractivity contribution in [1.82, 2.24) is 15.0 Å². The van der Waals surface area contributed by atoms with Gasteiger partial charge in [-0.1, -0.05) is 30.3 Å². The van der Waals surface area contributed by atoms with E-state index in [1.807, 2.05) is 30.3 Å². The smallest absolute Gasteiger partial charge is 0.476 e. The fourth-order valence-corrected chi connectivity index (χ4v) is 1.62. The van der Waals surface area contributed by atoms with Gasteiger partial charge < -0.3 is 9.84 Å². The van der Waals surface area contributed by atoms with E-state index in [1.54, 1.807) is 0 Å². The van der Waals surface area contributed by atoms with E-state index >= 15 is 0 Å². The van der Waals surface area contributed by atoms with Gasteiger partial charge in [-0.2, -0.15) is 4.80 Å². The number of nitrogens with zero attached hydrogens (tertiary/aromatic N) is 3. The highest BCUT2D eigenvalue weighted by Gasteiger charge is 2.35. The second kappa shape index (κ2) is 5.81. The number of benzene rings is 1. The maximum atomic E-state index is 12.2. The topological polar surface area (TPSA) is 77.2 Å². The molecular weight excluding hydrogens is 291 g/mol. The molecule has 9 heteroatoms. The van der Waals surface area contributed by atoms with Gasteiger partial charge in [-0.3, -0.25) is 0 Å². The van der Waals surface area contributed by atoms with Gasteiger partial charge in [0.05, 0.1) is 6.54 Å². The minimum absolute atomic E-state index is 0.130.